The van der Waals surface area contributed by atoms with E-state index in [1.807, 2.05) is 44.2 Å². The molecule has 0 spiro atoms. The monoisotopic (exact) mass is 802 g/mol. The number of halogens is 2. The zero-order valence-corrected chi connectivity index (χ0v) is 32.7. The van der Waals surface area contributed by atoms with Crippen molar-refractivity contribution in [3.8, 4) is 34.9 Å². The Morgan fingerprint density at radius 2 is 1.59 bits per heavy atom. The number of aldehydes is 1. The van der Waals surface area contributed by atoms with Gasteiger partial charge < -0.3 is 34.8 Å². The van der Waals surface area contributed by atoms with E-state index < -0.39 is 24.3 Å². The third-order valence-corrected chi connectivity index (χ3v) is 9.64. The topological polar surface area (TPSA) is 177 Å². The van der Waals surface area contributed by atoms with Crippen molar-refractivity contribution < 1.29 is 29.0 Å². The van der Waals surface area contributed by atoms with Gasteiger partial charge in [-0.2, -0.15) is 0 Å². The van der Waals surface area contributed by atoms with Gasteiger partial charge in [-0.05, 0) is 72.6 Å². The van der Waals surface area contributed by atoms with Crippen LogP contribution < -0.4 is 5.32 Å². The summed E-state index contributed by atoms with van der Waals surface area (Å²) in [7, 11) is 1.27. The van der Waals surface area contributed by atoms with Crippen LogP contribution in [0.25, 0.3) is 11.3 Å². The first-order valence-corrected chi connectivity index (χ1v) is 17.8. The zero-order chi connectivity index (χ0) is 38.2. The molecule has 2 fully saturated rings. The average Bonchev–Trinajstić information content (AvgIpc) is 4.02. The summed E-state index contributed by atoms with van der Waals surface area (Å²) in [6.45, 7) is 4.78. The van der Waals surface area contributed by atoms with Crippen molar-refractivity contribution in [1.82, 2.24) is 40.2 Å². The van der Waals surface area contributed by atoms with Gasteiger partial charge in [0.15, 0.2) is 0 Å². The molecule has 4 N–H and O–H groups in total. The van der Waals surface area contributed by atoms with Crippen molar-refractivity contribution in [3.63, 3.8) is 0 Å². The van der Waals surface area contributed by atoms with Crippen LogP contribution in [0.2, 0.25) is 0 Å². The number of hydrazine groups is 1. The first-order valence-electron chi connectivity index (χ1n) is 17.8. The number of imidazole rings is 2. The van der Waals surface area contributed by atoms with Crippen LogP contribution in [0.15, 0.2) is 67.0 Å². The van der Waals surface area contributed by atoms with Crippen molar-refractivity contribution in [2.45, 2.75) is 63.7 Å². The van der Waals surface area contributed by atoms with E-state index in [1.165, 1.54) is 7.11 Å². The van der Waals surface area contributed by atoms with Gasteiger partial charge in [0.25, 0.3) is 0 Å². The van der Waals surface area contributed by atoms with Crippen LogP contribution in [0.1, 0.15) is 86.1 Å². The number of rotatable bonds is 10. The summed E-state index contributed by atoms with van der Waals surface area (Å²) < 4.78 is 4.71. The highest BCUT2D eigenvalue weighted by Crippen LogP contribution is 2.36. The average molecular weight is 804 g/mol. The minimum absolute atomic E-state index is 0. The summed E-state index contributed by atoms with van der Waals surface area (Å²) in [5.74, 6) is 12.7. The Hall–Kier alpha value is -5.80. The van der Waals surface area contributed by atoms with Crippen LogP contribution >= 0.6 is 24.8 Å². The number of methoxy groups -OCH3 is 1. The third kappa shape index (κ3) is 9.70. The fourth-order valence-corrected chi connectivity index (χ4v) is 6.95. The molecule has 4 heterocycles. The van der Waals surface area contributed by atoms with Gasteiger partial charge in [0.2, 0.25) is 5.91 Å². The smallest absolute Gasteiger partial charge is 0.423 e. The van der Waals surface area contributed by atoms with Crippen molar-refractivity contribution >= 4 is 49.2 Å². The molecule has 16 heteroatoms. The molecule has 6 rings (SSSR count). The lowest BCUT2D eigenvalue weighted by Crippen LogP contribution is -2.51. The molecule has 0 bridgehead atoms. The number of hydrogen-bond donors (Lipinski definition) is 4. The summed E-state index contributed by atoms with van der Waals surface area (Å²) in [6.07, 6.45) is 5.13. The van der Waals surface area contributed by atoms with E-state index in [9.17, 15) is 24.3 Å². The highest BCUT2D eigenvalue weighted by molar-refractivity contribution is 5.86. The summed E-state index contributed by atoms with van der Waals surface area (Å²) in [6, 6.07) is 14.2. The molecule has 14 nitrogen and oxygen atoms in total. The lowest BCUT2D eigenvalue weighted by Gasteiger charge is -2.36. The largest absolute Gasteiger partial charge is 0.464 e. The molecule has 2 saturated heterocycles. The Balaban J connectivity index is 0.00000348. The molecule has 294 valence electrons. The molecule has 2 aliphatic heterocycles. The SMILES string of the molecule is COC(=O)N[C@H](C(=O)N1CCC[C@H]1c1ncc(C#CC#Cc2ccc(-c3cnc([C@@H]4CCCN4N(C(=O)O)[C@@H](C=O)c4ccccc4)[nH]3)cc2)[nH]1)C(C)C.Cl.Cl. The number of ether oxygens (including phenoxy) is 1. The van der Waals surface area contributed by atoms with Crippen molar-refractivity contribution in [2.75, 3.05) is 20.2 Å². The molecule has 0 aliphatic carbocycles. The predicted molar refractivity (Wildman–Crippen MR) is 213 cm³/mol. The lowest BCUT2D eigenvalue weighted by molar-refractivity contribution is -0.135. The Morgan fingerprint density at radius 1 is 0.929 bits per heavy atom. The fraction of sp³-hybridized carbons (Fsp3) is 0.350. The second kappa shape index (κ2) is 19.7. The maximum atomic E-state index is 13.4. The molecule has 4 atom stereocenters. The molecular weight excluding hydrogens is 759 g/mol. The van der Waals surface area contributed by atoms with Gasteiger partial charge in [-0.15, -0.1) is 24.8 Å². The second-order valence-corrected chi connectivity index (χ2v) is 13.4. The molecular formula is C40H44Cl2N8O6. The molecule has 4 aromatic rings. The van der Waals surface area contributed by atoms with Gasteiger partial charge in [-0.3, -0.25) is 4.79 Å². The number of carbonyl (C=O) groups excluding carboxylic acids is 3. The number of likely N-dealkylation sites (tertiary alicyclic amines) is 1. The summed E-state index contributed by atoms with van der Waals surface area (Å²) in [5, 5.41) is 15.7. The zero-order valence-electron chi connectivity index (χ0n) is 31.1. The van der Waals surface area contributed by atoms with Crippen LogP contribution in [0.3, 0.4) is 0 Å². The standard InChI is InChI=1S/C40H42N8O6.2ClH/c1-26(2)35(45-39(51)54-3)38(50)46-21-9-15-32(46)36-41-23-30(43-36)14-8-7-11-27-17-19-28(20-18-27)31-24-42-37(44-31)33-16-10-22-47(33)48(40(52)53)34(25-49)29-12-5-4-6-13-29;;/h4-6,12-13,17-20,23-26,32-35H,9-10,15-16,21-22H2,1-3H3,(H,41,43)(H,42,44)(H,45,51)(H,52,53);2*1H/t32-,33-,34-,35-;;/m0../s1. The number of alkyl carbamates (subject to hydrolysis) is 1. The van der Waals surface area contributed by atoms with Crippen LogP contribution in [0.4, 0.5) is 9.59 Å². The Kier molecular flexibility index (Phi) is 15.1. The normalized spacial score (nSPS) is 17.2. The number of aromatic nitrogens is 4. The number of carbonyl (C=O) groups is 4. The Bertz CT molecular complexity index is 2100. The van der Waals surface area contributed by atoms with E-state index >= 15 is 0 Å². The molecule has 0 radical (unpaired) electrons. The van der Waals surface area contributed by atoms with E-state index in [0.29, 0.717) is 48.7 Å². The van der Waals surface area contributed by atoms with Gasteiger partial charge in [0.05, 0.1) is 37.3 Å². The third-order valence-electron chi connectivity index (χ3n) is 9.64. The molecule has 2 aromatic heterocycles. The first-order chi connectivity index (χ1) is 26.2. The molecule has 3 amide bonds. The molecule has 0 unspecified atom stereocenters. The van der Waals surface area contributed by atoms with Crippen LogP contribution in [0, 0.1) is 29.6 Å². The number of nitrogens with zero attached hydrogens (tertiary/aromatic N) is 5. The first kappa shape index (κ1) is 42.9. The molecule has 2 aliphatic rings. The van der Waals surface area contributed by atoms with Crippen LogP contribution in [-0.2, 0) is 14.3 Å². The lowest BCUT2D eigenvalue weighted by atomic mass is 10.0. The Labute approximate surface area is 337 Å². The number of amides is 3. The van der Waals surface area contributed by atoms with Gasteiger partial charge in [0.1, 0.15) is 35.7 Å². The van der Waals surface area contributed by atoms with E-state index in [1.54, 1.807) is 46.6 Å². The number of hydrogen-bond acceptors (Lipinski definition) is 8. The number of carboxylic acid groups (broad SMARTS) is 1. The number of H-pyrrole nitrogens is 2. The maximum Gasteiger partial charge on any atom is 0.423 e. The minimum Gasteiger partial charge on any atom is -0.464 e. The summed E-state index contributed by atoms with van der Waals surface area (Å²) in [4.78, 5) is 67.3. The highest BCUT2D eigenvalue weighted by Gasteiger charge is 2.40. The molecule has 56 heavy (non-hydrogen) atoms. The quantitative estimate of drug-likeness (QED) is 0.110. The number of nitrogens with one attached hydrogen (secondary N) is 3. The summed E-state index contributed by atoms with van der Waals surface area (Å²) in [5.41, 5.74) is 3.58. The minimum atomic E-state index is -1.21. The van der Waals surface area contributed by atoms with E-state index in [2.05, 4.69) is 48.9 Å². The van der Waals surface area contributed by atoms with Gasteiger partial charge in [0, 0.05) is 18.7 Å². The van der Waals surface area contributed by atoms with Gasteiger partial charge in [-0.25, -0.2) is 29.6 Å². The number of aromatic amines is 2. The molecule has 2 aromatic carbocycles. The summed E-state index contributed by atoms with van der Waals surface area (Å²) >= 11 is 0. The van der Waals surface area contributed by atoms with E-state index in [-0.39, 0.29) is 48.7 Å². The van der Waals surface area contributed by atoms with Crippen molar-refractivity contribution in [3.05, 3.63) is 95.5 Å². The van der Waals surface area contributed by atoms with Crippen LogP contribution in [0.5, 0.6) is 0 Å². The fourth-order valence-electron chi connectivity index (χ4n) is 6.95. The molecule has 0 saturated carbocycles. The van der Waals surface area contributed by atoms with Crippen molar-refractivity contribution in [2.24, 2.45) is 5.92 Å². The second-order valence-electron chi connectivity index (χ2n) is 13.4. The van der Waals surface area contributed by atoms with Gasteiger partial charge in [-0.1, -0.05) is 62.2 Å². The van der Waals surface area contributed by atoms with E-state index in [0.717, 1.165) is 41.1 Å². The number of benzene rings is 2. The highest BCUT2D eigenvalue weighted by atomic mass is 35.5. The maximum absolute atomic E-state index is 13.4. The predicted octanol–water partition coefficient (Wildman–Crippen LogP) is 6.06. The Morgan fingerprint density at radius 3 is 2.27 bits per heavy atom. The van der Waals surface area contributed by atoms with Gasteiger partial charge >= 0.3 is 12.2 Å². The van der Waals surface area contributed by atoms with E-state index in [4.69, 9.17) is 4.74 Å². The van der Waals surface area contributed by atoms with Crippen molar-refractivity contribution in [1.29, 1.82) is 0 Å². The van der Waals surface area contributed by atoms with Crippen LogP contribution in [-0.4, -0.2) is 90.6 Å².